The van der Waals surface area contributed by atoms with Gasteiger partial charge in [0.1, 0.15) is 17.9 Å². The first-order chi connectivity index (χ1) is 8.58. The molecular formula is C12H10ClFN2O2. The van der Waals surface area contributed by atoms with Crippen molar-refractivity contribution in [1.82, 2.24) is 9.55 Å². The van der Waals surface area contributed by atoms with E-state index in [2.05, 4.69) is 4.98 Å². The van der Waals surface area contributed by atoms with Crippen LogP contribution in [0.2, 0.25) is 5.02 Å². The van der Waals surface area contributed by atoms with E-state index in [1.807, 2.05) is 0 Å². The van der Waals surface area contributed by atoms with Gasteiger partial charge in [-0.3, -0.25) is 9.36 Å². The summed E-state index contributed by atoms with van der Waals surface area (Å²) in [6, 6.07) is 3.73. The van der Waals surface area contributed by atoms with Gasteiger partial charge in [-0.1, -0.05) is 11.6 Å². The second-order valence-electron chi connectivity index (χ2n) is 3.64. The Morgan fingerprint density at radius 3 is 2.94 bits per heavy atom. The van der Waals surface area contributed by atoms with Gasteiger partial charge in [0.05, 0.1) is 5.02 Å². The average molecular weight is 269 g/mol. The summed E-state index contributed by atoms with van der Waals surface area (Å²) in [7, 11) is 0. The van der Waals surface area contributed by atoms with Crippen molar-refractivity contribution in [2.24, 2.45) is 0 Å². The Balaban J connectivity index is 2.11. The van der Waals surface area contributed by atoms with Gasteiger partial charge in [-0.25, -0.2) is 9.37 Å². The Morgan fingerprint density at radius 1 is 1.56 bits per heavy atom. The molecule has 1 heterocycles. The van der Waals surface area contributed by atoms with E-state index < -0.39 is 11.9 Å². The maximum atomic E-state index is 12.8. The number of hydrogen-bond donors (Lipinski definition) is 0. The third-order valence-corrected chi connectivity index (χ3v) is 2.60. The first kappa shape index (κ1) is 12.6. The van der Waals surface area contributed by atoms with Crippen molar-refractivity contribution >= 4 is 17.5 Å². The van der Waals surface area contributed by atoms with Crippen LogP contribution in [0.15, 0.2) is 36.9 Å². The Hall–Kier alpha value is -1.88. The van der Waals surface area contributed by atoms with Crippen molar-refractivity contribution in [3.63, 3.8) is 0 Å². The number of nitrogens with zero attached hydrogens (tertiary/aromatic N) is 2. The number of hydrogen-bond acceptors (Lipinski definition) is 3. The lowest BCUT2D eigenvalue weighted by molar-refractivity contribution is 0.0727. The second kappa shape index (κ2) is 5.18. The van der Waals surface area contributed by atoms with Crippen LogP contribution in [0.1, 0.15) is 11.7 Å². The van der Waals surface area contributed by atoms with E-state index in [9.17, 15) is 9.18 Å². The quantitative estimate of drug-likeness (QED) is 0.860. The molecule has 1 atom stereocenters. The van der Waals surface area contributed by atoms with Crippen LogP contribution < -0.4 is 4.74 Å². The number of carbonyl (C=O) groups is 1. The van der Waals surface area contributed by atoms with Gasteiger partial charge in [0.15, 0.2) is 6.10 Å². The molecule has 2 aromatic rings. The fourth-order valence-electron chi connectivity index (χ4n) is 1.41. The zero-order valence-electron chi connectivity index (χ0n) is 9.51. The van der Waals surface area contributed by atoms with E-state index in [0.29, 0.717) is 0 Å². The van der Waals surface area contributed by atoms with Gasteiger partial charge in [-0.15, -0.1) is 0 Å². The lowest BCUT2D eigenvalue weighted by Gasteiger charge is -2.14. The standard InChI is InChI=1S/C12H10ClFN2O2/c1-8(12(17)16-5-4-15-7-16)18-11-3-2-9(14)6-10(11)13/h2-8H,1H3. The lowest BCUT2D eigenvalue weighted by atomic mass is 10.3. The number of imidazole rings is 1. The molecule has 0 fully saturated rings. The second-order valence-corrected chi connectivity index (χ2v) is 4.05. The molecule has 0 aliphatic rings. The van der Waals surface area contributed by atoms with E-state index in [4.69, 9.17) is 16.3 Å². The van der Waals surface area contributed by atoms with Crippen molar-refractivity contribution in [1.29, 1.82) is 0 Å². The number of halogens is 2. The SMILES string of the molecule is CC(Oc1ccc(F)cc1Cl)C(=O)n1ccnc1. The molecule has 0 aliphatic heterocycles. The number of ether oxygens (including phenoxy) is 1. The molecule has 18 heavy (non-hydrogen) atoms. The molecule has 1 aromatic carbocycles. The summed E-state index contributed by atoms with van der Waals surface area (Å²) >= 11 is 5.81. The van der Waals surface area contributed by atoms with Crippen LogP contribution in [0.3, 0.4) is 0 Å². The summed E-state index contributed by atoms with van der Waals surface area (Å²) in [6.07, 6.45) is 3.65. The van der Waals surface area contributed by atoms with Gasteiger partial charge < -0.3 is 4.74 Å². The van der Waals surface area contributed by atoms with Gasteiger partial charge in [0.25, 0.3) is 5.91 Å². The fraction of sp³-hybridized carbons (Fsp3) is 0.167. The first-order valence-electron chi connectivity index (χ1n) is 5.22. The monoisotopic (exact) mass is 268 g/mol. The van der Waals surface area contributed by atoms with Crippen LogP contribution in [0.25, 0.3) is 0 Å². The molecule has 0 amide bonds. The van der Waals surface area contributed by atoms with Crippen molar-refractivity contribution in [3.05, 3.63) is 47.8 Å². The number of benzene rings is 1. The minimum Gasteiger partial charge on any atom is -0.479 e. The van der Waals surface area contributed by atoms with E-state index in [-0.39, 0.29) is 16.7 Å². The fourth-order valence-corrected chi connectivity index (χ4v) is 1.62. The highest BCUT2D eigenvalue weighted by Crippen LogP contribution is 2.26. The maximum absolute atomic E-state index is 12.8. The summed E-state index contributed by atoms with van der Waals surface area (Å²) in [5.74, 6) is -0.479. The van der Waals surface area contributed by atoms with Crippen molar-refractivity contribution in [3.8, 4) is 5.75 Å². The molecule has 1 unspecified atom stereocenters. The lowest BCUT2D eigenvalue weighted by Crippen LogP contribution is -2.28. The summed E-state index contributed by atoms with van der Waals surface area (Å²) in [5, 5.41) is 0.125. The van der Waals surface area contributed by atoms with Crippen LogP contribution in [0.5, 0.6) is 5.75 Å². The zero-order chi connectivity index (χ0) is 13.1. The molecule has 2 rings (SSSR count). The average Bonchev–Trinajstić information content (AvgIpc) is 2.85. The predicted molar refractivity (Wildman–Crippen MR) is 64.4 cm³/mol. The molecule has 4 nitrogen and oxygen atoms in total. The number of rotatable bonds is 3. The highest BCUT2D eigenvalue weighted by atomic mass is 35.5. The van der Waals surface area contributed by atoms with Crippen LogP contribution in [-0.2, 0) is 0 Å². The summed E-state index contributed by atoms with van der Waals surface area (Å²) in [6.45, 7) is 1.59. The molecular weight excluding hydrogens is 259 g/mol. The van der Waals surface area contributed by atoms with Gasteiger partial charge in [0, 0.05) is 12.4 Å². The smallest absolute Gasteiger partial charge is 0.272 e. The molecule has 0 saturated carbocycles. The minimum atomic E-state index is -0.748. The summed E-state index contributed by atoms with van der Waals surface area (Å²) in [5.41, 5.74) is 0. The molecule has 94 valence electrons. The van der Waals surface area contributed by atoms with Crippen LogP contribution >= 0.6 is 11.6 Å². The van der Waals surface area contributed by atoms with E-state index in [0.717, 1.165) is 6.07 Å². The number of carbonyl (C=O) groups excluding carboxylic acids is 1. The molecule has 0 spiro atoms. The molecule has 6 heteroatoms. The van der Waals surface area contributed by atoms with Gasteiger partial charge in [0.2, 0.25) is 0 Å². The summed E-state index contributed by atoms with van der Waals surface area (Å²) < 4.78 is 19.5. The minimum absolute atomic E-state index is 0.125. The van der Waals surface area contributed by atoms with Crippen LogP contribution in [-0.4, -0.2) is 21.6 Å². The van der Waals surface area contributed by atoms with Crippen molar-refractivity contribution < 1.29 is 13.9 Å². The Bertz CT molecular complexity index is 557. The Kier molecular flexibility index (Phi) is 3.62. The molecule has 0 N–H and O–H groups in total. The van der Waals surface area contributed by atoms with Crippen molar-refractivity contribution in [2.75, 3.05) is 0 Å². The normalized spacial score (nSPS) is 12.2. The predicted octanol–water partition coefficient (Wildman–Crippen LogP) is 2.78. The third-order valence-electron chi connectivity index (χ3n) is 2.30. The van der Waals surface area contributed by atoms with Gasteiger partial charge >= 0.3 is 0 Å². The highest BCUT2D eigenvalue weighted by Gasteiger charge is 2.17. The Labute approximate surface area is 108 Å². The van der Waals surface area contributed by atoms with E-state index in [1.54, 1.807) is 6.92 Å². The molecule has 0 bridgehead atoms. The molecule has 1 aromatic heterocycles. The first-order valence-corrected chi connectivity index (χ1v) is 5.59. The van der Waals surface area contributed by atoms with Crippen LogP contribution in [0, 0.1) is 5.82 Å². The summed E-state index contributed by atoms with van der Waals surface area (Å²) in [4.78, 5) is 15.6. The van der Waals surface area contributed by atoms with Crippen molar-refractivity contribution in [2.45, 2.75) is 13.0 Å². The van der Waals surface area contributed by atoms with Gasteiger partial charge in [-0.05, 0) is 25.1 Å². The largest absolute Gasteiger partial charge is 0.479 e. The van der Waals surface area contributed by atoms with E-state index in [1.165, 1.54) is 35.4 Å². The zero-order valence-corrected chi connectivity index (χ0v) is 10.3. The molecule has 0 saturated heterocycles. The highest BCUT2D eigenvalue weighted by molar-refractivity contribution is 6.32. The van der Waals surface area contributed by atoms with Gasteiger partial charge in [-0.2, -0.15) is 0 Å². The third kappa shape index (κ3) is 2.68. The molecule has 0 radical (unpaired) electrons. The molecule has 0 aliphatic carbocycles. The van der Waals surface area contributed by atoms with Crippen LogP contribution in [0.4, 0.5) is 4.39 Å². The Morgan fingerprint density at radius 2 is 2.33 bits per heavy atom. The van der Waals surface area contributed by atoms with E-state index >= 15 is 0 Å². The topological polar surface area (TPSA) is 44.1 Å². The number of aromatic nitrogens is 2. The maximum Gasteiger partial charge on any atom is 0.272 e.